The predicted octanol–water partition coefficient (Wildman–Crippen LogP) is 2.42. The van der Waals surface area contributed by atoms with Gasteiger partial charge >= 0.3 is 0 Å². The fourth-order valence-electron chi connectivity index (χ4n) is 1.69. The van der Waals surface area contributed by atoms with Gasteiger partial charge in [0.2, 0.25) is 0 Å². The monoisotopic (exact) mass is 319 g/mol. The van der Waals surface area contributed by atoms with E-state index in [-0.39, 0.29) is 10.9 Å². The Morgan fingerprint density at radius 3 is 2.89 bits per heavy atom. The van der Waals surface area contributed by atoms with Gasteiger partial charge in [0.05, 0.1) is 12.1 Å². The van der Waals surface area contributed by atoms with Crippen molar-refractivity contribution >= 4 is 33.0 Å². The van der Waals surface area contributed by atoms with E-state index in [4.69, 9.17) is 11.6 Å². The number of aromatic nitrogens is 2. The summed E-state index contributed by atoms with van der Waals surface area (Å²) in [7, 11) is -3.59. The molecular formula is C11H14ClN3O2S2. The number of aromatic amines is 1. The molecule has 0 bridgehead atoms. The fourth-order valence-corrected chi connectivity index (χ4v) is 4.30. The number of halogens is 1. The second-order valence-electron chi connectivity index (χ2n) is 3.87. The molecule has 2 aromatic rings. The van der Waals surface area contributed by atoms with Gasteiger partial charge in [-0.2, -0.15) is 9.40 Å². The second kappa shape index (κ2) is 6.04. The van der Waals surface area contributed by atoms with Crippen LogP contribution >= 0.6 is 22.9 Å². The zero-order chi connectivity index (χ0) is 13.9. The van der Waals surface area contributed by atoms with Crippen molar-refractivity contribution in [3.8, 4) is 0 Å². The molecular weight excluding hydrogens is 306 g/mol. The van der Waals surface area contributed by atoms with E-state index in [1.54, 1.807) is 0 Å². The van der Waals surface area contributed by atoms with Gasteiger partial charge in [0.15, 0.2) is 5.03 Å². The third-order valence-electron chi connectivity index (χ3n) is 2.68. The number of rotatable bonds is 6. The highest BCUT2D eigenvalue weighted by atomic mass is 35.5. The van der Waals surface area contributed by atoms with Gasteiger partial charge in [0.1, 0.15) is 0 Å². The topological polar surface area (TPSA) is 66.1 Å². The molecule has 0 fully saturated rings. The maximum atomic E-state index is 12.5. The smallest absolute Gasteiger partial charge is 0.260 e. The first-order valence-corrected chi connectivity index (χ1v) is 8.55. The van der Waals surface area contributed by atoms with Crippen molar-refractivity contribution in [2.24, 2.45) is 0 Å². The predicted molar refractivity (Wildman–Crippen MR) is 75.7 cm³/mol. The van der Waals surface area contributed by atoms with Crippen molar-refractivity contribution in [2.45, 2.75) is 24.4 Å². The van der Waals surface area contributed by atoms with Crippen LogP contribution in [0, 0.1) is 0 Å². The van der Waals surface area contributed by atoms with Gasteiger partial charge in [-0.05, 0) is 11.4 Å². The largest absolute Gasteiger partial charge is 0.266 e. The van der Waals surface area contributed by atoms with Crippen LogP contribution in [0.4, 0.5) is 0 Å². The van der Waals surface area contributed by atoms with E-state index in [0.717, 1.165) is 4.88 Å². The highest BCUT2D eigenvalue weighted by Gasteiger charge is 2.27. The van der Waals surface area contributed by atoms with Crippen LogP contribution in [0.5, 0.6) is 0 Å². The Balaban J connectivity index is 2.31. The number of nitrogens with zero attached hydrogens (tertiary/aromatic N) is 2. The van der Waals surface area contributed by atoms with Crippen LogP contribution in [0.15, 0.2) is 28.7 Å². The molecule has 0 aliphatic carbocycles. The molecule has 0 saturated heterocycles. The highest BCUT2D eigenvalue weighted by Crippen LogP contribution is 2.22. The summed E-state index contributed by atoms with van der Waals surface area (Å²) < 4.78 is 26.5. The van der Waals surface area contributed by atoms with E-state index >= 15 is 0 Å². The molecule has 2 heterocycles. The molecule has 0 aromatic carbocycles. The molecule has 0 atom stereocenters. The number of sulfonamides is 1. The van der Waals surface area contributed by atoms with Gasteiger partial charge < -0.3 is 0 Å². The lowest BCUT2D eigenvalue weighted by Crippen LogP contribution is -2.31. The van der Waals surface area contributed by atoms with Crippen LogP contribution in [0.25, 0.3) is 0 Å². The highest BCUT2D eigenvalue weighted by molar-refractivity contribution is 7.89. The zero-order valence-corrected chi connectivity index (χ0v) is 12.7. The third kappa shape index (κ3) is 3.00. The summed E-state index contributed by atoms with van der Waals surface area (Å²) >= 11 is 7.26. The molecule has 0 saturated carbocycles. The summed E-state index contributed by atoms with van der Waals surface area (Å²) in [5, 5.41) is 8.30. The van der Waals surface area contributed by atoms with Crippen molar-refractivity contribution in [3.63, 3.8) is 0 Å². The lowest BCUT2D eigenvalue weighted by molar-refractivity contribution is 0.423. The Morgan fingerprint density at radius 2 is 2.32 bits per heavy atom. The van der Waals surface area contributed by atoms with Gasteiger partial charge in [0.25, 0.3) is 10.0 Å². The van der Waals surface area contributed by atoms with E-state index in [0.29, 0.717) is 18.7 Å². The van der Waals surface area contributed by atoms with Gasteiger partial charge in [-0.25, -0.2) is 8.42 Å². The van der Waals surface area contributed by atoms with Crippen molar-refractivity contribution in [1.29, 1.82) is 0 Å². The van der Waals surface area contributed by atoms with Crippen LogP contribution < -0.4 is 0 Å². The van der Waals surface area contributed by atoms with Crippen LogP contribution in [-0.4, -0.2) is 29.5 Å². The lowest BCUT2D eigenvalue weighted by atomic mass is 10.4. The van der Waals surface area contributed by atoms with E-state index in [1.807, 2.05) is 24.4 Å². The molecule has 1 N–H and O–H groups in total. The minimum atomic E-state index is -3.59. The quantitative estimate of drug-likeness (QED) is 0.832. The molecule has 5 nitrogen and oxygen atoms in total. The second-order valence-corrected chi connectivity index (χ2v) is 7.04. The van der Waals surface area contributed by atoms with Gasteiger partial charge in [0, 0.05) is 23.5 Å². The van der Waals surface area contributed by atoms with Crippen LogP contribution in [0.2, 0.25) is 0 Å². The first-order chi connectivity index (χ1) is 9.09. The Labute approximate surface area is 121 Å². The summed E-state index contributed by atoms with van der Waals surface area (Å²) in [5.74, 6) is 0.113. The molecule has 0 amide bonds. The average Bonchev–Trinajstić information content (AvgIpc) is 3.06. The first kappa shape index (κ1) is 14.5. The van der Waals surface area contributed by atoms with Gasteiger partial charge in [-0.15, -0.1) is 22.9 Å². The molecule has 0 radical (unpaired) electrons. The first-order valence-electron chi connectivity index (χ1n) is 5.70. The Morgan fingerprint density at radius 1 is 1.53 bits per heavy atom. The minimum absolute atomic E-state index is 0.0842. The average molecular weight is 320 g/mol. The van der Waals surface area contributed by atoms with Crippen LogP contribution in [0.3, 0.4) is 0 Å². The standard InChI is InChI=1S/C11H14ClN3O2S2/c1-2-15(8-10-4-3-5-18-10)19(16,17)11-9(6-12)7-13-14-11/h3-5,7H,2,6,8H2,1H3,(H,13,14). The molecule has 19 heavy (non-hydrogen) atoms. The van der Waals surface area contributed by atoms with Crippen molar-refractivity contribution in [3.05, 3.63) is 34.2 Å². The normalized spacial score (nSPS) is 12.2. The van der Waals surface area contributed by atoms with Crippen LogP contribution in [0.1, 0.15) is 17.4 Å². The Hall–Kier alpha value is -0.890. The summed E-state index contributed by atoms with van der Waals surface area (Å²) in [4.78, 5) is 0.998. The molecule has 0 unspecified atom stereocenters. The number of H-pyrrole nitrogens is 1. The lowest BCUT2D eigenvalue weighted by Gasteiger charge is -2.19. The number of thiophene rings is 1. The van der Waals surface area contributed by atoms with Gasteiger partial charge in [-0.1, -0.05) is 13.0 Å². The van der Waals surface area contributed by atoms with Crippen LogP contribution in [-0.2, 0) is 22.4 Å². The van der Waals surface area contributed by atoms with Crippen molar-refractivity contribution < 1.29 is 8.42 Å². The SMILES string of the molecule is CCN(Cc1cccs1)S(=O)(=O)c1[nH]ncc1CCl. The molecule has 8 heteroatoms. The third-order valence-corrected chi connectivity index (χ3v) is 5.77. The summed E-state index contributed by atoms with van der Waals surface area (Å²) in [5.41, 5.74) is 0.492. The van der Waals surface area contributed by atoms with E-state index in [1.165, 1.54) is 21.8 Å². The maximum absolute atomic E-state index is 12.5. The fraction of sp³-hybridized carbons (Fsp3) is 0.364. The number of hydrogen-bond donors (Lipinski definition) is 1. The maximum Gasteiger partial charge on any atom is 0.260 e. The summed E-state index contributed by atoms with van der Waals surface area (Å²) in [6.45, 7) is 2.56. The van der Waals surface area contributed by atoms with E-state index in [2.05, 4.69) is 10.2 Å². The number of hydrogen-bond acceptors (Lipinski definition) is 4. The summed E-state index contributed by atoms with van der Waals surface area (Å²) in [6.07, 6.45) is 1.44. The van der Waals surface area contributed by atoms with Gasteiger partial charge in [-0.3, -0.25) is 5.10 Å². The summed E-state index contributed by atoms with van der Waals surface area (Å²) in [6, 6.07) is 3.82. The molecule has 2 aromatic heterocycles. The minimum Gasteiger partial charge on any atom is -0.266 e. The van der Waals surface area contributed by atoms with Crippen molar-refractivity contribution in [2.75, 3.05) is 6.54 Å². The van der Waals surface area contributed by atoms with E-state index in [9.17, 15) is 8.42 Å². The zero-order valence-electron chi connectivity index (χ0n) is 10.3. The van der Waals surface area contributed by atoms with Crippen molar-refractivity contribution in [1.82, 2.24) is 14.5 Å². The molecule has 0 aliphatic rings. The molecule has 0 aliphatic heterocycles. The number of alkyl halides is 1. The molecule has 2 rings (SSSR count). The Bertz CT molecular complexity index is 622. The Kier molecular flexibility index (Phi) is 4.62. The molecule has 104 valence electrons. The molecule has 0 spiro atoms. The number of nitrogens with one attached hydrogen (secondary N) is 1. The van der Waals surface area contributed by atoms with E-state index < -0.39 is 10.0 Å².